The number of hydrogen-bond acceptors (Lipinski definition) is 5. The van der Waals surface area contributed by atoms with Gasteiger partial charge in [0, 0.05) is 29.5 Å². The van der Waals surface area contributed by atoms with Gasteiger partial charge in [0.05, 0.1) is 6.61 Å². The second kappa shape index (κ2) is 6.81. The van der Waals surface area contributed by atoms with Crippen molar-refractivity contribution in [2.45, 2.75) is 37.1 Å². The summed E-state index contributed by atoms with van der Waals surface area (Å²) >= 11 is 0. The zero-order valence-corrected chi connectivity index (χ0v) is 13.3. The van der Waals surface area contributed by atoms with Crippen molar-refractivity contribution in [3.8, 4) is 0 Å². The van der Waals surface area contributed by atoms with Crippen LogP contribution >= 0.6 is 10.7 Å². The first-order valence-electron chi connectivity index (χ1n) is 6.85. The summed E-state index contributed by atoms with van der Waals surface area (Å²) in [5, 5.41) is 0. The summed E-state index contributed by atoms with van der Waals surface area (Å²) < 4.78 is 34.7. The van der Waals surface area contributed by atoms with E-state index in [-0.39, 0.29) is 23.2 Å². The Labute approximate surface area is 128 Å². The second-order valence-electron chi connectivity index (χ2n) is 4.82. The second-order valence-corrected chi connectivity index (χ2v) is 7.39. The molecule has 0 aromatic carbocycles. The first-order valence-corrected chi connectivity index (χ1v) is 9.16. The summed E-state index contributed by atoms with van der Waals surface area (Å²) in [6, 6.07) is 1.40. The monoisotopic (exact) mass is 335 g/mol. The molecular formula is C13H18ClNO5S. The van der Waals surface area contributed by atoms with Gasteiger partial charge in [0.2, 0.25) is 0 Å². The molecule has 21 heavy (non-hydrogen) atoms. The Kier molecular flexibility index (Phi) is 5.29. The van der Waals surface area contributed by atoms with E-state index in [9.17, 15) is 13.2 Å². The van der Waals surface area contributed by atoms with Crippen LogP contribution in [0.4, 0.5) is 0 Å². The molecule has 0 N–H and O–H groups in total. The fraction of sp³-hybridized carbons (Fsp3) is 0.615. The zero-order chi connectivity index (χ0) is 15.5. The van der Waals surface area contributed by atoms with Gasteiger partial charge in [-0.25, -0.2) is 13.2 Å². The smallest absolute Gasteiger partial charge is 0.355 e. The Morgan fingerprint density at radius 1 is 1.43 bits per heavy atom. The maximum absolute atomic E-state index is 12.1. The van der Waals surface area contributed by atoms with Crippen molar-refractivity contribution >= 4 is 25.7 Å². The standard InChI is InChI=1S/C13H18ClNO5S/c1-2-19-6-7-20-13(16)12-8-11(21(14,17)18)9-15(12)10-4-3-5-10/h8-10H,2-7H2,1H3. The molecule has 1 fully saturated rings. The van der Waals surface area contributed by atoms with E-state index in [1.165, 1.54) is 12.3 Å². The molecule has 6 nitrogen and oxygen atoms in total. The fourth-order valence-electron chi connectivity index (χ4n) is 2.13. The van der Waals surface area contributed by atoms with Crippen LogP contribution in [-0.2, 0) is 18.5 Å². The number of carbonyl (C=O) groups excluding carboxylic acids is 1. The Morgan fingerprint density at radius 3 is 2.67 bits per heavy atom. The lowest BCUT2D eigenvalue weighted by Gasteiger charge is -2.28. The summed E-state index contributed by atoms with van der Waals surface area (Å²) in [6.07, 6.45) is 4.29. The Balaban J connectivity index is 2.16. The minimum Gasteiger partial charge on any atom is -0.459 e. The average molecular weight is 336 g/mol. The third kappa shape index (κ3) is 3.99. The SMILES string of the molecule is CCOCCOC(=O)c1cc(S(=O)(=O)Cl)cn1C1CCC1. The van der Waals surface area contributed by atoms with Crippen LogP contribution in [0.2, 0.25) is 0 Å². The molecule has 0 amide bonds. The van der Waals surface area contributed by atoms with Crippen molar-refractivity contribution in [1.29, 1.82) is 0 Å². The van der Waals surface area contributed by atoms with Crippen LogP contribution in [0, 0.1) is 0 Å². The molecule has 1 saturated carbocycles. The first kappa shape index (κ1) is 16.3. The van der Waals surface area contributed by atoms with Crippen LogP contribution in [0.15, 0.2) is 17.2 Å². The molecule has 0 saturated heterocycles. The van der Waals surface area contributed by atoms with E-state index in [0.717, 1.165) is 19.3 Å². The average Bonchev–Trinajstić information content (AvgIpc) is 2.77. The predicted molar refractivity (Wildman–Crippen MR) is 77.1 cm³/mol. The van der Waals surface area contributed by atoms with Crippen molar-refractivity contribution in [2.75, 3.05) is 19.8 Å². The molecule has 118 valence electrons. The molecule has 0 radical (unpaired) electrons. The van der Waals surface area contributed by atoms with E-state index in [1.54, 1.807) is 4.57 Å². The Bertz CT molecular complexity index is 606. The number of esters is 1. The molecule has 2 rings (SSSR count). The van der Waals surface area contributed by atoms with Crippen LogP contribution in [0.25, 0.3) is 0 Å². The quantitative estimate of drug-likeness (QED) is 0.434. The van der Waals surface area contributed by atoms with Gasteiger partial charge < -0.3 is 14.0 Å². The van der Waals surface area contributed by atoms with Crippen molar-refractivity contribution in [2.24, 2.45) is 0 Å². The van der Waals surface area contributed by atoms with Gasteiger partial charge in [-0.05, 0) is 32.3 Å². The Morgan fingerprint density at radius 2 is 2.14 bits per heavy atom. The van der Waals surface area contributed by atoms with Crippen LogP contribution in [-0.4, -0.2) is 38.8 Å². The van der Waals surface area contributed by atoms with E-state index in [1.807, 2.05) is 6.92 Å². The van der Waals surface area contributed by atoms with E-state index in [2.05, 4.69) is 0 Å². The molecule has 1 heterocycles. The Hall–Kier alpha value is -1.05. The lowest BCUT2D eigenvalue weighted by Crippen LogP contribution is -2.22. The van der Waals surface area contributed by atoms with Gasteiger partial charge in [-0.1, -0.05) is 0 Å². The van der Waals surface area contributed by atoms with Crippen molar-refractivity contribution in [3.63, 3.8) is 0 Å². The van der Waals surface area contributed by atoms with Gasteiger partial charge >= 0.3 is 5.97 Å². The highest BCUT2D eigenvalue weighted by Gasteiger charge is 2.28. The van der Waals surface area contributed by atoms with Crippen molar-refractivity contribution in [1.82, 2.24) is 4.57 Å². The van der Waals surface area contributed by atoms with E-state index in [4.69, 9.17) is 20.2 Å². The van der Waals surface area contributed by atoms with Gasteiger partial charge in [0.15, 0.2) is 0 Å². The minimum absolute atomic E-state index is 0.0761. The molecule has 1 aromatic rings. The summed E-state index contributed by atoms with van der Waals surface area (Å²) in [5.74, 6) is -0.562. The van der Waals surface area contributed by atoms with E-state index < -0.39 is 15.0 Å². The molecule has 0 bridgehead atoms. The van der Waals surface area contributed by atoms with Crippen LogP contribution < -0.4 is 0 Å². The van der Waals surface area contributed by atoms with Crippen molar-refractivity contribution < 1.29 is 22.7 Å². The molecule has 8 heteroatoms. The highest BCUT2D eigenvalue weighted by Crippen LogP contribution is 2.34. The van der Waals surface area contributed by atoms with Crippen LogP contribution in [0.1, 0.15) is 42.7 Å². The highest BCUT2D eigenvalue weighted by molar-refractivity contribution is 8.13. The molecule has 0 unspecified atom stereocenters. The minimum atomic E-state index is -3.87. The molecule has 1 aromatic heterocycles. The van der Waals surface area contributed by atoms with E-state index in [0.29, 0.717) is 13.2 Å². The topological polar surface area (TPSA) is 74.6 Å². The third-order valence-corrected chi connectivity index (χ3v) is 4.77. The normalized spacial score (nSPS) is 15.7. The number of carbonyl (C=O) groups is 1. The number of hydrogen-bond donors (Lipinski definition) is 0. The zero-order valence-electron chi connectivity index (χ0n) is 11.7. The van der Waals surface area contributed by atoms with E-state index >= 15 is 0 Å². The molecular weight excluding hydrogens is 318 g/mol. The predicted octanol–water partition coefficient (Wildman–Crippen LogP) is 2.33. The molecule has 0 aliphatic heterocycles. The fourth-order valence-corrected chi connectivity index (χ4v) is 2.87. The van der Waals surface area contributed by atoms with Gasteiger partial charge in [0.25, 0.3) is 9.05 Å². The lowest BCUT2D eigenvalue weighted by atomic mass is 9.93. The van der Waals surface area contributed by atoms with Gasteiger partial charge in [-0.2, -0.15) is 0 Å². The van der Waals surface area contributed by atoms with Gasteiger partial charge in [0.1, 0.15) is 17.2 Å². The summed E-state index contributed by atoms with van der Waals surface area (Å²) in [4.78, 5) is 12.0. The number of aromatic nitrogens is 1. The highest BCUT2D eigenvalue weighted by atomic mass is 35.7. The van der Waals surface area contributed by atoms with Gasteiger partial charge in [-0.15, -0.1) is 0 Å². The summed E-state index contributed by atoms with van der Waals surface area (Å²) in [6.45, 7) is 2.84. The summed E-state index contributed by atoms with van der Waals surface area (Å²) in [7, 11) is 1.48. The maximum atomic E-state index is 12.1. The third-order valence-electron chi connectivity index (χ3n) is 3.45. The number of ether oxygens (including phenoxy) is 2. The van der Waals surface area contributed by atoms with Gasteiger partial charge in [-0.3, -0.25) is 0 Å². The van der Waals surface area contributed by atoms with Crippen LogP contribution in [0.5, 0.6) is 0 Å². The molecule has 1 aliphatic carbocycles. The maximum Gasteiger partial charge on any atom is 0.355 e. The number of nitrogens with zero attached hydrogens (tertiary/aromatic N) is 1. The molecule has 0 spiro atoms. The molecule has 1 aliphatic rings. The number of halogens is 1. The lowest BCUT2D eigenvalue weighted by molar-refractivity contribution is 0.0320. The summed E-state index contributed by atoms with van der Waals surface area (Å²) in [5.41, 5.74) is 0.218. The first-order chi connectivity index (χ1) is 9.93. The molecule has 0 atom stereocenters. The van der Waals surface area contributed by atoms with Crippen molar-refractivity contribution in [3.05, 3.63) is 18.0 Å². The van der Waals surface area contributed by atoms with Crippen LogP contribution in [0.3, 0.4) is 0 Å². The number of rotatable bonds is 7. The largest absolute Gasteiger partial charge is 0.459 e.